The summed E-state index contributed by atoms with van der Waals surface area (Å²) in [6.45, 7) is 6.54. The van der Waals surface area contributed by atoms with Crippen LogP contribution in [0.2, 0.25) is 0 Å². The summed E-state index contributed by atoms with van der Waals surface area (Å²) in [4.78, 5) is 30.5. The van der Waals surface area contributed by atoms with Gasteiger partial charge in [0.2, 0.25) is 0 Å². The third-order valence-corrected chi connectivity index (χ3v) is 6.92. The molecule has 2 aliphatic rings. The van der Waals surface area contributed by atoms with Crippen molar-refractivity contribution >= 4 is 28.8 Å². The summed E-state index contributed by atoms with van der Waals surface area (Å²) in [6, 6.07) is 19.0. The Labute approximate surface area is 222 Å². The van der Waals surface area contributed by atoms with Gasteiger partial charge in [0.25, 0.3) is 11.7 Å². The van der Waals surface area contributed by atoms with Crippen molar-refractivity contribution in [3.05, 3.63) is 95.3 Å². The molecule has 2 fully saturated rings. The molecule has 1 N–H and O–H groups in total. The fraction of sp³-hybridized carbons (Fsp3) is 0.290. The van der Waals surface area contributed by atoms with Crippen LogP contribution in [0.15, 0.2) is 78.4 Å². The number of nitrogens with zero attached hydrogens (tertiary/aromatic N) is 2. The van der Waals surface area contributed by atoms with Gasteiger partial charge in [0.15, 0.2) is 0 Å². The largest absolute Gasteiger partial charge is 0.507 e. The van der Waals surface area contributed by atoms with Gasteiger partial charge < -0.3 is 14.7 Å². The molecule has 0 aromatic heterocycles. The lowest BCUT2D eigenvalue weighted by atomic mass is 9.95. The highest BCUT2D eigenvalue weighted by molar-refractivity contribution is 6.51. The van der Waals surface area contributed by atoms with E-state index >= 15 is 0 Å². The monoisotopic (exact) mass is 514 g/mol. The van der Waals surface area contributed by atoms with Crippen LogP contribution in [-0.4, -0.2) is 36.5 Å². The number of aliphatic hydroxyl groups is 1. The maximum atomic E-state index is 13.8. The Morgan fingerprint density at radius 2 is 1.63 bits per heavy atom. The number of halogens is 1. The van der Waals surface area contributed by atoms with Crippen molar-refractivity contribution in [1.82, 2.24) is 0 Å². The molecule has 2 heterocycles. The van der Waals surface area contributed by atoms with Gasteiger partial charge in [0.1, 0.15) is 17.3 Å². The Hall–Kier alpha value is -4.13. The van der Waals surface area contributed by atoms with E-state index in [0.29, 0.717) is 35.1 Å². The van der Waals surface area contributed by atoms with E-state index in [1.165, 1.54) is 29.2 Å². The standard InChI is InChI=1S/C31H31FN2O4/c1-20(2)19-38-26-7-5-6-22(18-26)29(35)27-28(21-8-10-23(32)11-9-21)34(31(37)30(27)36)25-14-12-24(13-15-25)33-16-3-4-17-33/h5-15,18,20,28,35H,3-4,16-17,19H2,1-2H3/b29-27+. The highest BCUT2D eigenvalue weighted by Crippen LogP contribution is 2.43. The maximum absolute atomic E-state index is 13.8. The van der Waals surface area contributed by atoms with Crippen molar-refractivity contribution in [2.24, 2.45) is 5.92 Å². The van der Waals surface area contributed by atoms with E-state index < -0.39 is 23.5 Å². The normalized spacial score (nSPS) is 19.0. The summed E-state index contributed by atoms with van der Waals surface area (Å²) in [6.07, 6.45) is 2.29. The molecule has 0 spiro atoms. The minimum absolute atomic E-state index is 0.0498. The Kier molecular flexibility index (Phi) is 7.18. The second kappa shape index (κ2) is 10.7. The number of Topliss-reactive ketones (excluding diaryl/α,β-unsaturated/α-hetero) is 1. The van der Waals surface area contributed by atoms with Crippen LogP contribution in [-0.2, 0) is 9.59 Å². The van der Waals surface area contributed by atoms with Crippen LogP contribution in [0.25, 0.3) is 5.76 Å². The summed E-state index contributed by atoms with van der Waals surface area (Å²) < 4.78 is 19.6. The van der Waals surface area contributed by atoms with Crippen LogP contribution in [0.1, 0.15) is 43.9 Å². The molecule has 5 rings (SSSR count). The van der Waals surface area contributed by atoms with Gasteiger partial charge in [-0.1, -0.05) is 38.1 Å². The van der Waals surface area contributed by atoms with Crippen LogP contribution < -0.4 is 14.5 Å². The Morgan fingerprint density at radius 3 is 2.29 bits per heavy atom. The number of carbonyl (C=O) groups is 2. The number of aliphatic hydroxyl groups excluding tert-OH is 1. The van der Waals surface area contributed by atoms with Crippen LogP contribution >= 0.6 is 0 Å². The zero-order valence-electron chi connectivity index (χ0n) is 21.6. The third kappa shape index (κ3) is 5.01. The molecule has 1 amide bonds. The average Bonchev–Trinajstić information content (AvgIpc) is 3.55. The van der Waals surface area contributed by atoms with Crippen LogP contribution in [0.4, 0.5) is 15.8 Å². The molecule has 1 unspecified atom stereocenters. The molecule has 38 heavy (non-hydrogen) atoms. The number of carbonyl (C=O) groups excluding carboxylic acids is 2. The van der Waals surface area contributed by atoms with Crippen molar-refractivity contribution in [2.45, 2.75) is 32.7 Å². The lowest BCUT2D eigenvalue weighted by Gasteiger charge is -2.26. The lowest BCUT2D eigenvalue weighted by Crippen LogP contribution is -2.29. The van der Waals surface area contributed by atoms with E-state index in [1.807, 2.05) is 38.1 Å². The van der Waals surface area contributed by atoms with E-state index in [0.717, 1.165) is 31.6 Å². The van der Waals surface area contributed by atoms with Gasteiger partial charge in [0.05, 0.1) is 18.2 Å². The van der Waals surface area contributed by atoms with Crippen molar-refractivity contribution in [1.29, 1.82) is 0 Å². The molecule has 1 atom stereocenters. The molecule has 0 bridgehead atoms. The second-order valence-corrected chi connectivity index (χ2v) is 10.2. The van der Waals surface area contributed by atoms with Gasteiger partial charge in [-0.15, -0.1) is 0 Å². The maximum Gasteiger partial charge on any atom is 0.300 e. The quantitative estimate of drug-likeness (QED) is 0.235. The van der Waals surface area contributed by atoms with Crippen LogP contribution in [0, 0.1) is 11.7 Å². The molecule has 0 radical (unpaired) electrons. The van der Waals surface area contributed by atoms with Gasteiger partial charge in [-0.05, 0) is 72.9 Å². The SMILES string of the molecule is CC(C)COc1cccc(/C(O)=C2\C(=O)C(=O)N(c3ccc(N4CCCC4)cc3)C2c2ccc(F)cc2)c1. The van der Waals surface area contributed by atoms with E-state index in [-0.39, 0.29) is 11.3 Å². The number of amides is 1. The molecule has 3 aromatic carbocycles. The van der Waals surface area contributed by atoms with E-state index in [2.05, 4.69) is 4.90 Å². The molecule has 196 valence electrons. The highest BCUT2D eigenvalue weighted by atomic mass is 19.1. The van der Waals surface area contributed by atoms with Crippen LogP contribution in [0.5, 0.6) is 5.75 Å². The predicted molar refractivity (Wildman–Crippen MR) is 146 cm³/mol. The molecule has 3 aromatic rings. The zero-order chi connectivity index (χ0) is 26.8. The summed E-state index contributed by atoms with van der Waals surface area (Å²) in [5.41, 5.74) is 2.41. The van der Waals surface area contributed by atoms with Crippen molar-refractivity contribution in [2.75, 3.05) is 29.5 Å². The summed E-state index contributed by atoms with van der Waals surface area (Å²) in [7, 11) is 0. The van der Waals surface area contributed by atoms with Crippen molar-refractivity contribution in [3.8, 4) is 5.75 Å². The summed E-state index contributed by atoms with van der Waals surface area (Å²) >= 11 is 0. The minimum atomic E-state index is -0.923. The summed E-state index contributed by atoms with van der Waals surface area (Å²) in [5.74, 6) is -1.42. The fourth-order valence-corrected chi connectivity index (χ4v) is 5.01. The molecule has 7 heteroatoms. The highest BCUT2D eigenvalue weighted by Gasteiger charge is 2.47. The average molecular weight is 515 g/mol. The smallest absolute Gasteiger partial charge is 0.300 e. The number of ketones is 1. The molecule has 0 aliphatic carbocycles. The molecule has 6 nitrogen and oxygen atoms in total. The zero-order valence-corrected chi connectivity index (χ0v) is 21.6. The van der Waals surface area contributed by atoms with Gasteiger partial charge in [-0.25, -0.2) is 4.39 Å². The van der Waals surface area contributed by atoms with Crippen LogP contribution in [0.3, 0.4) is 0 Å². The minimum Gasteiger partial charge on any atom is -0.507 e. The lowest BCUT2D eigenvalue weighted by molar-refractivity contribution is -0.132. The first-order chi connectivity index (χ1) is 18.3. The first-order valence-corrected chi connectivity index (χ1v) is 13.0. The number of hydrogen-bond acceptors (Lipinski definition) is 5. The van der Waals surface area contributed by atoms with Crippen molar-refractivity contribution < 1.29 is 23.8 Å². The molecule has 2 saturated heterocycles. The number of hydrogen-bond donors (Lipinski definition) is 1. The number of anilines is 2. The first kappa shape index (κ1) is 25.5. The van der Waals surface area contributed by atoms with Crippen molar-refractivity contribution in [3.63, 3.8) is 0 Å². The Morgan fingerprint density at radius 1 is 0.974 bits per heavy atom. The topological polar surface area (TPSA) is 70.1 Å². The number of rotatable bonds is 7. The van der Waals surface area contributed by atoms with E-state index in [1.54, 1.807) is 24.3 Å². The Bertz CT molecular complexity index is 1360. The third-order valence-electron chi connectivity index (χ3n) is 6.92. The molecule has 2 aliphatic heterocycles. The van der Waals surface area contributed by atoms with E-state index in [4.69, 9.17) is 4.74 Å². The molecular weight excluding hydrogens is 483 g/mol. The first-order valence-electron chi connectivity index (χ1n) is 13.0. The summed E-state index contributed by atoms with van der Waals surface area (Å²) in [5, 5.41) is 11.4. The van der Waals surface area contributed by atoms with E-state index in [9.17, 15) is 19.1 Å². The number of benzene rings is 3. The van der Waals surface area contributed by atoms with Gasteiger partial charge in [0, 0.05) is 30.0 Å². The molecule has 0 saturated carbocycles. The number of ether oxygens (including phenoxy) is 1. The fourth-order valence-electron chi connectivity index (χ4n) is 5.01. The van der Waals surface area contributed by atoms with Gasteiger partial charge in [-0.3, -0.25) is 14.5 Å². The second-order valence-electron chi connectivity index (χ2n) is 10.2. The van der Waals surface area contributed by atoms with Gasteiger partial charge in [-0.2, -0.15) is 0 Å². The Balaban J connectivity index is 1.58. The predicted octanol–water partition coefficient (Wildman–Crippen LogP) is 6.09. The van der Waals surface area contributed by atoms with Gasteiger partial charge >= 0.3 is 0 Å². The molecular formula is C31H31FN2O4.